The summed E-state index contributed by atoms with van der Waals surface area (Å²) in [7, 11) is 0. The molecule has 424 valence electrons. The Labute approximate surface area is 453 Å². The molecule has 0 spiro atoms. The minimum atomic E-state index is -0.780. The maximum atomic E-state index is 12.8. The minimum absolute atomic E-state index is 0.0777. The largest absolute Gasteiger partial charge is 0.462 e. The highest BCUT2D eigenvalue weighted by atomic mass is 16.6. The maximum Gasteiger partial charge on any atom is 0.306 e. The molecule has 0 aromatic carbocycles. The van der Waals surface area contributed by atoms with Crippen LogP contribution in [0.1, 0.15) is 329 Å². The van der Waals surface area contributed by atoms with Crippen molar-refractivity contribution in [2.24, 2.45) is 0 Å². The van der Waals surface area contributed by atoms with Crippen molar-refractivity contribution in [3.8, 4) is 0 Å². The Morgan fingerprint density at radius 3 is 0.836 bits per heavy atom. The van der Waals surface area contributed by atoms with Crippen molar-refractivity contribution in [3.63, 3.8) is 0 Å². The summed E-state index contributed by atoms with van der Waals surface area (Å²) in [5, 5.41) is 0. The van der Waals surface area contributed by atoms with Gasteiger partial charge in [-0.3, -0.25) is 14.4 Å². The number of hydrogen-bond acceptors (Lipinski definition) is 6. The van der Waals surface area contributed by atoms with Crippen LogP contribution < -0.4 is 0 Å². The van der Waals surface area contributed by atoms with Crippen LogP contribution in [0.5, 0.6) is 0 Å². The first kappa shape index (κ1) is 70.1. The van der Waals surface area contributed by atoms with Gasteiger partial charge in [-0.2, -0.15) is 0 Å². The van der Waals surface area contributed by atoms with Crippen molar-refractivity contribution >= 4 is 17.9 Å². The first-order valence-corrected chi connectivity index (χ1v) is 31.8. The van der Waals surface area contributed by atoms with E-state index in [0.717, 1.165) is 89.9 Å². The lowest BCUT2D eigenvalue weighted by molar-refractivity contribution is -0.167. The number of esters is 3. The van der Waals surface area contributed by atoms with Gasteiger partial charge in [-0.1, -0.05) is 268 Å². The van der Waals surface area contributed by atoms with E-state index >= 15 is 0 Å². The Hall–Kier alpha value is -2.89. The van der Waals surface area contributed by atoms with Crippen LogP contribution in [0.3, 0.4) is 0 Å². The SMILES string of the molecule is CCCC/C=C\CCCCCCCC(=O)OCC(COC(=O)CCCCCCCCCCCCCCCCCC/C=C\C/C=C\C/C=C\CCCCCCC)OC(=O)CCCCCCC/C=C\CCCCCC. The molecule has 0 aromatic heterocycles. The Morgan fingerprint density at radius 2 is 0.507 bits per heavy atom. The van der Waals surface area contributed by atoms with E-state index in [1.165, 1.54) is 199 Å². The normalized spacial score (nSPS) is 12.4. The zero-order valence-electron chi connectivity index (χ0n) is 48.7. The van der Waals surface area contributed by atoms with Crippen molar-refractivity contribution in [3.05, 3.63) is 60.8 Å². The summed E-state index contributed by atoms with van der Waals surface area (Å²) in [4.78, 5) is 38.1. The highest BCUT2D eigenvalue weighted by Gasteiger charge is 2.19. The van der Waals surface area contributed by atoms with Gasteiger partial charge in [0.05, 0.1) is 0 Å². The van der Waals surface area contributed by atoms with Crippen LogP contribution in [0.15, 0.2) is 60.8 Å². The van der Waals surface area contributed by atoms with Crippen LogP contribution in [0, 0.1) is 0 Å². The molecular weight excluding hydrogens is 901 g/mol. The third-order valence-electron chi connectivity index (χ3n) is 14.0. The molecule has 0 aliphatic heterocycles. The minimum Gasteiger partial charge on any atom is -0.462 e. The van der Waals surface area contributed by atoms with Crippen LogP contribution in [0.4, 0.5) is 0 Å². The Bertz CT molecular complexity index is 1310. The second-order valence-corrected chi connectivity index (χ2v) is 21.3. The predicted molar refractivity (Wildman–Crippen MR) is 316 cm³/mol. The summed E-state index contributed by atoms with van der Waals surface area (Å²) in [6, 6.07) is 0. The standard InChI is InChI=1S/C67H120O6/c1-4-7-10-13-16-19-22-24-25-26-27-28-29-30-31-32-33-34-35-36-37-38-39-40-41-43-45-48-51-54-57-60-66(69)72-63-64(62-71-65(68)59-56-53-50-47-44-21-18-15-12-9-6-3)73-67(70)61-58-55-52-49-46-42-23-20-17-14-11-8-5-2/h15,18,20,22-24,26-27,29-30,64H,4-14,16-17,19,21,25,28,31-63H2,1-3H3/b18-15-,23-20-,24-22-,27-26-,30-29-. The molecule has 0 aromatic rings. The molecule has 0 rings (SSSR count). The van der Waals surface area contributed by atoms with Gasteiger partial charge in [0, 0.05) is 19.3 Å². The molecule has 0 saturated carbocycles. The van der Waals surface area contributed by atoms with Gasteiger partial charge in [-0.15, -0.1) is 0 Å². The second-order valence-electron chi connectivity index (χ2n) is 21.3. The zero-order chi connectivity index (χ0) is 52.9. The van der Waals surface area contributed by atoms with E-state index in [2.05, 4.69) is 81.5 Å². The molecule has 6 heteroatoms. The third-order valence-corrected chi connectivity index (χ3v) is 14.0. The van der Waals surface area contributed by atoms with E-state index in [1.54, 1.807) is 0 Å². The molecule has 73 heavy (non-hydrogen) atoms. The molecule has 0 aliphatic rings. The quantitative estimate of drug-likeness (QED) is 0.0261. The van der Waals surface area contributed by atoms with Crippen molar-refractivity contribution in [1.29, 1.82) is 0 Å². The van der Waals surface area contributed by atoms with Gasteiger partial charge in [0.15, 0.2) is 6.10 Å². The molecular formula is C67H120O6. The maximum absolute atomic E-state index is 12.8. The zero-order valence-corrected chi connectivity index (χ0v) is 48.7. The lowest BCUT2D eigenvalue weighted by atomic mass is 10.0. The van der Waals surface area contributed by atoms with Crippen LogP contribution in [-0.4, -0.2) is 37.2 Å². The first-order valence-electron chi connectivity index (χ1n) is 31.8. The fraction of sp³-hybridized carbons (Fsp3) is 0.806. The Morgan fingerprint density at radius 1 is 0.274 bits per heavy atom. The first-order chi connectivity index (χ1) is 36.0. The number of rotatable bonds is 58. The van der Waals surface area contributed by atoms with E-state index in [4.69, 9.17) is 14.2 Å². The van der Waals surface area contributed by atoms with Crippen LogP contribution in [0.2, 0.25) is 0 Å². The summed E-state index contributed by atoms with van der Waals surface area (Å²) >= 11 is 0. The van der Waals surface area contributed by atoms with E-state index in [0.29, 0.717) is 19.3 Å². The summed E-state index contributed by atoms with van der Waals surface area (Å²) < 4.78 is 16.9. The van der Waals surface area contributed by atoms with Gasteiger partial charge in [0.25, 0.3) is 0 Å². The van der Waals surface area contributed by atoms with Crippen LogP contribution >= 0.6 is 0 Å². The van der Waals surface area contributed by atoms with E-state index in [1.807, 2.05) is 0 Å². The number of allylic oxidation sites excluding steroid dienone is 10. The van der Waals surface area contributed by atoms with E-state index < -0.39 is 6.10 Å². The second kappa shape index (κ2) is 61.7. The number of ether oxygens (including phenoxy) is 3. The smallest absolute Gasteiger partial charge is 0.306 e. The highest BCUT2D eigenvalue weighted by molar-refractivity contribution is 5.71. The molecule has 6 nitrogen and oxygen atoms in total. The lowest BCUT2D eigenvalue weighted by Crippen LogP contribution is -2.30. The molecule has 0 bridgehead atoms. The van der Waals surface area contributed by atoms with Gasteiger partial charge in [0.1, 0.15) is 13.2 Å². The van der Waals surface area contributed by atoms with Crippen LogP contribution in [0.25, 0.3) is 0 Å². The van der Waals surface area contributed by atoms with Crippen molar-refractivity contribution < 1.29 is 28.6 Å². The van der Waals surface area contributed by atoms with Gasteiger partial charge in [0.2, 0.25) is 0 Å². The summed E-state index contributed by atoms with van der Waals surface area (Å²) in [5.41, 5.74) is 0. The third kappa shape index (κ3) is 59.9. The molecule has 0 fully saturated rings. The lowest BCUT2D eigenvalue weighted by Gasteiger charge is -2.18. The Kier molecular flexibility index (Phi) is 59.2. The van der Waals surface area contributed by atoms with E-state index in [9.17, 15) is 14.4 Å². The monoisotopic (exact) mass is 1020 g/mol. The van der Waals surface area contributed by atoms with Gasteiger partial charge in [-0.05, 0) is 103 Å². The fourth-order valence-corrected chi connectivity index (χ4v) is 9.13. The summed E-state index contributed by atoms with van der Waals surface area (Å²) in [6.45, 7) is 6.59. The van der Waals surface area contributed by atoms with E-state index in [-0.39, 0.29) is 31.1 Å². The molecule has 1 unspecified atom stereocenters. The van der Waals surface area contributed by atoms with Crippen molar-refractivity contribution in [2.75, 3.05) is 13.2 Å². The Balaban J connectivity index is 4.10. The van der Waals surface area contributed by atoms with Gasteiger partial charge in [-0.25, -0.2) is 0 Å². The molecule has 0 aliphatic carbocycles. The van der Waals surface area contributed by atoms with Crippen LogP contribution in [-0.2, 0) is 28.6 Å². The fourth-order valence-electron chi connectivity index (χ4n) is 9.13. The topological polar surface area (TPSA) is 78.9 Å². The molecule has 0 N–H and O–H groups in total. The molecule has 0 amide bonds. The number of carbonyl (C=O) groups is 3. The highest BCUT2D eigenvalue weighted by Crippen LogP contribution is 2.17. The molecule has 1 atom stereocenters. The average molecular weight is 1020 g/mol. The number of hydrogen-bond donors (Lipinski definition) is 0. The predicted octanol–water partition coefficient (Wildman–Crippen LogP) is 21.6. The van der Waals surface area contributed by atoms with Crippen molar-refractivity contribution in [1.82, 2.24) is 0 Å². The number of carbonyl (C=O) groups excluding carboxylic acids is 3. The molecule has 0 saturated heterocycles. The summed E-state index contributed by atoms with van der Waals surface area (Å²) in [5.74, 6) is -0.884. The van der Waals surface area contributed by atoms with Gasteiger partial charge < -0.3 is 14.2 Å². The molecule has 0 radical (unpaired) electrons. The average Bonchev–Trinajstić information content (AvgIpc) is 3.39. The van der Waals surface area contributed by atoms with Gasteiger partial charge >= 0.3 is 17.9 Å². The molecule has 0 heterocycles. The van der Waals surface area contributed by atoms with Crippen molar-refractivity contribution in [2.45, 2.75) is 335 Å². The summed E-state index contributed by atoms with van der Waals surface area (Å²) in [6.07, 6.45) is 78.2. The number of unbranched alkanes of at least 4 members (excludes halogenated alkanes) is 37.